The second kappa shape index (κ2) is 9.11. The first-order valence-electron chi connectivity index (χ1n) is 13.6. The molecule has 0 radical (unpaired) electrons. The van der Waals surface area contributed by atoms with E-state index in [2.05, 4.69) is 149 Å². The normalized spacial score (nSPS) is 11.5. The molecule has 0 amide bonds. The number of rotatable bonds is 4. The molecule has 0 saturated heterocycles. The Bertz CT molecular complexity index is 2080. The number of benzene rings is 5. The summed E-state index contributed by atoms with van der Waals surface area (Å²) in [5, 5.41) is 3.68. The second-order valence-electron chi connectivity index (χ2n) is 10.1. The third-order valence-electron chi connectivity index (χ3n) is 7.73. The summed E-state index contributed by atoms with van der Waals surface area (Å²) in [6, 6.07) is 51.4. The Labute approximate surface area is 232 Å². The van der Waals surface area contributed by atoms with Crippen LogP contribution in [0.2, 0.25) is 0 Å². The molecule has 5 aromatic carbocycles. The summed E-state index contributed by atoms with van der Waals surface area (Å²) in [5.74, 6) is 0. The molecule has 0 aliphatic heterocycles. The van der Waals surface area contributed by atoms with Crippen LogP contribution in [0, 0.1) is 0 Å². The Morgan fingerprint density at radius 3 is 1.73 bits per heavy atom. The molecule has 0 N–H and O–H groups in total. The van der Waals surface area contributed by atoms with Crippen LogP contribution in [0.25, 0.3) is 66.6 Å². The van der Waals surface area contributed by atoms with Crippen LogP contribution in [0.4, 0.5) is 0 Å². The maximum Gasteiger partial charge on any atom is 0.0788 e. The number of pyridine rings is 1. The van der Waals surface area contributed by atoms with Gasteiger partial charge in [-0.2, -0.15) is 0 Å². The molecule has 0 spiro atoms. The molecule has 0 fully saturated rings. The fraction of sp³-hybridized carbons (Fsp3) is 0. The number of para-hydroxylation sites is 2. The van der Waals surface area contributed by atoms with Gasteiger partial charge in [0.25, 0.3) is 0 Å². The molecular weight excluding hydrogens is 486 g/mol. The van der Waals surface area contributed by atoms with Crippen molar-refractivity contribution in [2.45, 2.75) is 0 Å². The summed E-state index contributed by atoms with van der Waals surface area (Å²) in [4.78, 5) is 5.14. The first-order chi connectivity index (χ1) is 19.8. The molecule has 40 heavy (non-hydrogen) atoms. The van der Waals surface area contributed by atoms with Gasteiger partial charge in [-0.1, -0.05) is 109 Å². The Kier molecular flexibility index (Phi) is 5.14. The van der Waals surface area contributed by atoms with Gasteiger partial charge in [0.2, 0.25) is 0 Å². The van der Waals surface area contributed by atoms with E-state index >= 15 is 0 Å². The Morgan fingerprint density at radius 1 is 0.450 bits per heavy atom. The lowest BCUT2D eigenvalue weighted by Crippen LogP contribution is -2.00. The summed E-state index contributed by atoms with van der Waals surface area (Å²) in [7, 11) is 0. The SMILES string of the molecule is c1ccc(-c2cc(-n3c4ccccc4c4ccc5ccn(-c6ccccc6)c5c43)cc(-c3ccccc3)n2)cc1. The average Bonchev–Trinajstić information content (AvgIpc) is 3.62. The summed E-state index contributed by atoms with van der Waals surface area (Å²) in [5.41, 5.74) is 9.90. The third-order valence-corrected chi connectivity index (χ3v) is 7.73. The maximum atomic E-state index is 5.14. The largest absolute Gasteiger partial charge is 0.315 e. The fourth-order valence-electron chi connectivity index (χ4n) is 5.90. The van der Waals surface area contributed by atoms with Crippen molar-refractivity contribution in [2.24, 2.45) is 0 Å². The van der Waals surface area contributed by atoms with E-state index in [9.17, 15) is 0 Å². The van der Waals surface area contributed by atoms with Gasteiger partial charge in [-0.15, -0.1) is 0 Å². The third kappa shape index (κ3) is 3.56. The Morgan fingerprint density at radius 2 is 1.05 bits per heavy atom. The monoisotopic (exact) mass is 511 g/mol. The number of aromatic nitrogens is 3. The highest BCUT2D eigenvalue weighted by Crippen LogP contribution is 2.39. The molecule has 3 aromatic heterocycles. The van der Waals surface area contributed by atoms with Crippen LogP contribution in [0.1, 0.15) is 0 Å². The number of nitrogens with zero attached hydrogens (tertiary/aromatic N) is 3. The van der Waals surface area contributed by atoms with Gasteiger partial charge in [0.15, 0.2) is 0 Å². The highest BCUT2D eigenvalue weighted by molar-refractivity contribution is 6.18. The van der Waals surface area contributed by atoms with Gasteiger partial charge in [-0.25, -0.2) is 4.98 Å². The van der Waals surface area contributed by atoms with Gasteiger partial charge in [0, 0.05) is 39.2 Å². The molecule has 3 nitrogen and oxygen atoms in total. The molecule has 0 atom stereocenters. The van der Waals surface area contributed by atoms with E-state index < -0.39 is 0 Å². The molecule has 0 unspecified atom stereocenters. The maximum absolute atomic E-state index is 5.14. The Balaban J connectivity index is 1.52. The van der Waals surface area contributed by atoms with E-state index in [1.807, 2.05) is 12.1 Å². The van der Waals surface area contributed by atoms with Crippen LogP contribution in [0.3, 0.4) is 0 Å². The van der Waals surface area contributed by atoms with Crippen molar-refractivity contribution in [3.05, 3.63) is 152 Å². The molecule has 8 rings (SSSR count). The van der Waals surface area contributed by atoms with Crippen LogP contribution < -0.4 is 0 Å². The van der Waals surface area contributed by atoms with E-state index in [1.165, 1.54) is 32.7 Å². The van der Waals surface area contributed by atoms with E-state index in [0.29, 0.717) is 0 Å². The summed E-state index contributed by atoms with van der Waals surface area (Å²) in [6.45, 7) is 0. The first kappa shape index (κ1) is 22.6. The molecule has 0 aliphatic carbocycles. The molecule has 0 aliphatic rings. The molecule has 0 bridgehead atoms. The van der Waals surface area contributed by atoms with E-state index in [4.69, 9.17) is 4.98 Å². The lowest BCUT2D eigenvalue weighted by atomic mass is 10.1. The minimum Gasteiger partial charge on any atom is -0.315 e. The van der Waals surface area contributed by atoms with Gasteiger partial charge >= 0.3 is 0 Å². The predicted molar refractivity (Wildman–Crippen MR) is 166 cm³/mol. The van der Waals surface area contributed by atoms with E-state index in [0.717, 1.165) is 33.9 Å². The van der Waals surface area contributed by atoms with Crippen LogP contribution in [0.5, 0.6) is 0 Å². The molecule has 8 aromatic rings. The van der Waals surface area contributed by atoms with Crippen molar-refractivity contribution < 1.29 is 0 Å². The number of hydrogen-bond donors (Lipinski definition) is 0. The smallest absolute Gasteiger partial charge is 0.0788 e. The molecule has 3 heterocycles. The Hall–Kier alpha value is -5.41. The average molecular weight is 512 g/mol. The lowest BCUT2D eigenvalue weighted by molar-refractivity contribution is 1.11. The predicted octanol–water partition coefficient (Wildman–Crippen LogP) is 9.46. The van der Waals surface area contributed by atoms with Crippen LogP contribution in [-0.4, -0.2) is 14.1 Å². The summed E-state index contributed by atoms with van der Waals surface area (Å²) < 4.78 is 4.73. The fourth-order valence-corrected chi connectivity index (χ4v) is 5.90. The van der Waals surface area contributed by atoms with Crippen molar-refractivity contribution in [3.63, 3.8) is 0 Å². The molecular formula is C37H25N3. The number of fused-ring (bicyclic) bond motifs is 5. The van der Waals surface area contributed by atoms with Crippen LogP contribution in [0.15, 0.2) is 152 Å². The second-order valence-corrected chi connectivity index (χ2v) is 10.1. The van der Waals surface area contributed by atoms with Crippen LogP contribution >= 0.6 is 0 Å². The topological polar surface area (TPSA) is 22.8 Å². The highest BCUT2D eigenvalue weighted by atomic mass is 15.0. The van der Waals surface area contributed by atoms with E-state index in [-0.39, 0.29) is 0 Å². The summed E-state index contributed by atoms with van der Waals surface area (Å²) in [6.07, 6.45) is 2.18. The van der Waals surface area contributed by atoms with Crippen molar-refractivity contribution in [3.8, 4) is 33.9 Å². The van der Waals surface area contributed by atoms with Gasteiger partial charge in [-0.3, -0.25) is 0 Å². The van der Waals surface area contributed by atoms with Gasteiger partial charge in [0.1, 0.15) is 0 Å². The molecule has 188 valence electrons. The minimum atomic E-state index is 0.952. The number of hydrogen-bond acceptors (Lipinski definition) is 1. The highest BCUT2D eigenvalue weighted by Gasteiger charge is 2.19. The zero-order chi connectivity index (χ0) is 26.5. The van der Waals surface area contributed by atoms with Crippen LogP contribution in [-0.2, 0) is 0 Å². The van der Waals surface area contributed by atoms with Gasteiger partial charge in [0.05, 0.1) is 33.6 Å². The standard InChI is InChI=1S/C37H25N3/c1-4-12-26(13-5-1)33-24-30(25-34(38-33)27-14-6-2-7-15-27)40-35-19-11-10-18-31(35)32-21-20-28-22-23-39(36(28)37(32)40)29-16-8-3-9-17-29/h1-25H. The van der Waals surface area contributed by atoms with Gasteiger partial charge in [-0.05, 0) is 36.4 Å². The lowest BCUT2D eigenvalue weighted by Gasteiger charge is -2.15. The summed E-state index contributed by atoms with van der Waals surface area (Å²) >= 11 is 0. The zero-order valence-corrected chi connectivity index (χ0v) is 21.8. The first-order valence-corrected chi connectivity index (χ1v) is 13.6. The van der Waals surface area contributed by atoms with E-state index in [1.54, 1.807) is 0 Å². The molecule has 3 heteroatoms. The quantitative estimate of drug-likeness (QED) is 0.231. The van der Waals surface area contributed by atoms with Crippen molar-refractivity contribution in [2.75, 3.05) is 0 Å². The van der Waals surface area contributed by atoms with Gasteiger partial charge < -0.3 is 9.13 Å². The van der Waals surface area contributed by atoms with Crippen molar-refractivity contribution >= 4 is 32.7 Å². The van der Waals surface area contributed by atoms with Crippen molar-refractivity contribution in [1.82, 2.24) is 14.1 Å². The molecule has 0 saturated carbocycles. The zero-order valence-electron chi connectivity index (χ0n) is 21.8. The minimum absolute atomic E-state index is 0.952. The van der Waals surface area contributed by atoms with Crippen molar-refractivity contribution in [1.29, 1.82) is 0 Å².